The topological polar surface area (TPSA) is 96.8 Å². The van der Waals surface area contributed by atoms with E-state index in [1.165, 1.54) is 6.07 Å². The van der Waals surface area contributed by atoms with Gasteiger partial charge in [-0.15, -0.1) is 0 Å². The highest BCUT2D eigenvalue weighted by atomic mass is 32.2. The number of sulfonamides is 1. The smallest absolute Gasteiger partial charge is 0.242 e. The van der Waals surface area contributed by atoms with Crippen LogP contribution in [0.1, 0.15) is 24.3 Å². The monoisotopic (exact) mass is 413 g/mol. The molecule has 8 heteroatoms. The molecule has 0 spiro atoms. The maximum Gasteiger partial charge on any atom is 0.242 e. The van der Waals surface area contributed by atoms with Crippen LogP contribution in [0, 0.1) is 0 Å². The van der Waals surface area contributed by atoms with Crippen molar-refractivity contribution in [3.05, 3.63) is 59.9 Å². The molecule has 0 fully saturated rings. The van der Waals surface area contributed by atoms with E-state index in [0.29, 0.717) is 13.0 Å². The van der Waals surface area contributed by atoms with E-state index in [4.69, 9.17) is 9.56 Å². The van der Waals surface area contributed by atoms with Crippen molar-refractivity contribution in [1.82, 2.24) is 4.90 Å². The Bertz CT molecular complexity index is 1150. The van der Waals surface area contributed by atoms with Crippen molar-refractivity contribution in [2.75, 3.05) is 25.0 Å². The van der Waals surface area contributed by atoms with Gasteiger partial charge in [0.05, 0.1) is 17.5 Å². The van der Waals surface area contributed by atoms with E-state index in [1.807, 2.05) is 42.2 Å². The highest BCUT2D eigenvalue weighted by molar-refractivity contribution is 7.89. The Balaban J connectivity index is 1.48. The second-order valence-corrected chi connectivity index (χ2v) is 8.94. The number of benzene rings is 2. The van der Waals surface area contributed by atoms with Crippen LogP contribution >= 0.6 is 0 Å². The molecule has 3 aromatic rings. The molecule has 1 aliphatic heterocycles. The van der Waals surface area contributed by atoms with Crippen molar-refractivity contribution in [2.45, 2.75) is 24.3 Å². The van der Waals surface area contributed by atoms with Crippen molar-refractivity contribution in [3.63, 3.8) is 0 Å². The van der Waals surface area contributed by atoms with E-state index in [2.05, 4.69) is 0 Å². The van der Waals surface area contributed by atoms with Gasteiger partial charge in [0.25, 0.3) is 0 Å². The number of nitrogens with two attached hydrogens (primary N) is 1. The first kappa shape index (κ1) is 19.5. The fourth-order valence-electron chi connectivity index (χ4n) is 3.68. The highest BCUT2D eigenvalue weighted by Gasteiger charge is 2.26. The molecule has 0 saturated heterocycles. The van der Waals surface area contributed by atoms with Crippen LogP contribution in [0.2, 0.25) is 0 Å². The van der Waals surface area contributed by atoms with E-state index in [1.54, 1.807) is 24.1 Å². The summed E-state index contributed by atoms with van der Waals surface area (Å²) in [4.78, 5) is 16.6. The number of hydrogen-bond donors (Lipinski definition) is 1. The van der Waals surface area contributed by atoms with E-state index in [-0.39, 0.29) is 23.4 Å². The van der Waals surface area contributed by atoms with Gasteiger partial charge in [0.1, 0.15) is 11.3 Å². The number of primary sulfonamides is 1. The number of carbonyl (C=O) groups is 1. The molecule has 0 radical (unpaired) electrons. The molecule has 7 nitrogen and oxygen atoms in total. The summed E-state index contributed by atoms with van der Waals surface area (Å²) in [5, 5.41) is 6.22. The van der Waals surface area contributed by atoms with Crippen LogP contribution in [-0.4, -0.2) is 39.4 Å². The lowest BCUT2D eigenvalue weighted by molar-refractivity contribution is -0.130. The van der Waals surface area contributed by atoms with E-state index < -0.39 is 10.0 Å². The number of fused-ring (bicyclic) bond motifs is 2. The van der Waals surface area contributed by atoms with Gasteiger partial charge in [-0.1, -0.05) is 18.2 Å². The Kier molecular flexibility index (Phi) is 4.84. The van der Waals surface area contributed by atoms with Gasteiger partial charge in [0.2, 0.25) is 15.9 Å². The zero-order valence-electron chi connectivity index (χ0n) is 16.3. The SMILES string of the molecule is CC(c1cc2ccccc2o1)N(C)C(=O)CN1CCc2cc(S(N)(=O)=O)ccc21. The van der Waals surface area contributed by atoms with E-state index in [0.717, 1.165) is 28.0 Å². The molecule has 1 aromatic heterocycles. The summed E-state index contributed by atoms with van der Waals surface area (Å²) < 4.78 is 29.0. The minimum Gasteiger partial charge on any atom is -0.459 e. The van der Waals surface area contributed by atoms with Crippen molar-refractivity contribution < 1.29 is 17.6 Å². The van der Waals surface area contributed by atoms with E-state index >= 15 is 0 Å². The first-order valence-corrected chi connectivity index (χ1v) is 10.9. The molecule has 1 atom stereocenters. The zero-order chi connectivity index (χ0) is 20.8. The van der Waals surface area contributed by atoms with Crippen LogP contribution in [0.4, 0.5) is 5.69 Å². The molecule has 0 aliphatic carbocycles. The van der Waals surface area contributed by atoms with Gasteiger partial charge in [0, 0.05) is 24.7 Å². The Morgan fingerprint density at radius 2 is 2.00 bits per heavy atom. The number of nitrogens with zero attached hydrogens (tertiary/aromatic N) is 2. The highest BCUT2D eigenvalue weighted by Crippen LogP contribution is 2.31. The third-order valence-electron chi connectivity index (χ3n) is 5.53. The first-order valence-electron chi connectivity index (χ1n) is 9.39. The molecular weight excluding hydrogens is 390 g/mol. The van der Waals surface area contributed by atoms with Crippen molar-refractivity contribution in [3.8, 4) is 0 Å². The van der Waals surface area contributed by atoms with Gasteiger partial charge in [-0.05, 0) is 49.2 Å². The lowest BCUT2D eigenvalue weighted by Gasteiger charge is -2.27. The van der Waals surface area contributed by atoms with Gasteiger partial charge < -0.3 is 14.2 Å². The second kappa shape index (κ2) is 7.20. The lowest BCUT2D eigenvalue weighted by atomic mass is 10.2. The minimum atomic E-state index is -3.74. The average molecular weight is 413 g/mol. The number of para-hydroxylation sites is 1. The Hall–Kier alpha value is -2.84. The number of furan rings is 1. The molecule has 152 valence electrons. The average Bonchev–Trinajstić information content (AvgIpc) is 3.30. The third-order valence-corrected chi connectivity index (χ3v) is 6.44. The number of rotatable bonds is 5. The number of hydrogen-bond acceptors (Lipinski definition) is 5. The van der Waals surface area contributed by atoms with Gasteiger partial charge >= 0.3 is 0 Å². The predicted molar refractivity (Wildman–Crippen MR) is 111 cm³/mol. The van der Waals surface area contributed by atoms with Crippen LogP contribution in [0.15, 0.2) is 57.8 Å². The molecule has 1 amide bonds. The van der Waals surface area contributed by atoms with Gasteiger partial charge in [-0.3, -0.25) is 4.79 Å². The summed E-state index contributed by atoms with van der Waals surface area (Å²) in [7, 11) is -1.97. The molecule has 2 aromatic carbocycles. The molecule has 0 bridgehead atoms. The largest absolute Gasteiger partial charge is 0.459 e. The number of carbonyl (C=O) groups excluding carboxylic acids is 1. The summed E-state index contributed by atoms with van der Waals surface area (Å²) in [5.74, 6) is 0.697. The number of amides is 1. The maximum atomic E-state index is 12.9. The van der Waals surface area contributed by atoms with Crippen LogP contribution in [-0.2, 0) is 21.2 Å². The quantitative estimate of drug-likeness (QED) is 0.694. The normalized spacial score (nSPS) is 14.8. The summed E-state index contributed by atoms with van der Waals surface area (Å²) in [6.07, 6.45) is 0.675. The molecule has 2 N–H and O–H groups in total. The fraction of sp³-hybridized carbons (Fsp3) is 0.286. The molecule has 2 heterocycles. The standard InChI is InChI=1S/C21H23N3O4S/c1-14(20-12-16-5-3-4-6-19(16)28-20)23(2)21(25)13-24-10-9-15-11-17(29(22,26)27)7-8-18(15)24/h3-8,11-12,14H,9-10,13H2,1-2H3,(H2,22,26,27). The molecule has 29 heavy (non-hydrogen) atoms. The number of anilines is 1. The molecule has 0 saturated carbocycles. The lowest BCUT2D eigenvalue weighted by Crippen LogP contribution is -2.38. The summed E-state index contributed by atoms with van der Waals surface area (Å²) in [6, 6.07) is 14.3. The Morgan fingerprint density at radius 3 is 2.72 bits per heavy atom. The van der Waals surface area contributed by atoms with Crippen LogP contribution < -0.4 is 10.0 Å². The minimum absolute atomic E-state index is 0.0404. The summed E-state index contributed by atoms with van der Waals surface area (Å²) in [5.41, 5.74) is 2.56. The zero-order valence-corrected chi connectivity index (χ0v) is 17.1. The third kappa shape index (κ3) is 3.73. The summed E-state index contributed by atoms with van der Waals surface area (Å²) in [6.45, 7) is 2.80. The summed E-state index contributed by atoms with van der Waals surface area (Å²) >= 11 is 0. The molecule has 1 unspecified atom stereocenters. The molecule has 1 aliphatic rings. The molecule has 4 rings (SSSR count). The van der Waals surface area contributed by atoms with Gasteiger partial charge in [0.15, 0.2) is 0 Å². The van der Waals surface area contributed by atoms with Crippen molar-refractivity contribution in [1.29, 1.82) is 0 Å². The Morgan fingerprint density at radius 1 is 1.24 bits per heavy atom. The fourth-order valence-corrected chi connectivity index (χ4v) is 4.24. The van der Waals surface area contributed by atoms with Gasteiger partial charge in [-0.2, -0.15) is 0 Å². The van der Waals surface area contributed by atoms with Crippen molar-refractivity contribution in [2.24, 2.45) is 5.14 Å². The second-order valence-electron chi connectivity index (χ2n) is 7.37. The first-order chi connectivity index (χ1) is 13.7. The number of likely N-dealkylation sites (N-methyl/N-ethyl adjacent to an activating group) is 1. The van der Waals surface area contributed by atoms with E-state index in [9.17, 15) is 13.2 Å². The van der Waals surface area contributed by atoms with Gasteiger partial charge in [-0.25, -0.2) is 13.6 Å². The van der Waals surface area contributed by atoms with Crippen LogP contribution in [0.3, 0.4) is 0 Å². The Labute approximate surface area is 169 Å². The van der Waals surface area contributed by atoms with Crippen LogP contribution in [0.25, 0.3) is 11.0 Å². The maximum absolute atomic E-state index is 12.9. The van der Waals surface area contributed by atoms with Crippen LogP contribution in [0.5, 0.6) is 0 Å². The molecular formula is C21H23N3O4S. The predicted octanol–water partition coefficient (Wildman–Crippen LogP) is 2.66. The van der Waals surface area contributed by atoms with Crippen molar-refractivity contribution >= 4 is 32.6 Å².